The second-order valence-corrected chi connectivity index (χ2v) is 9.37. The molecule has 1 saturated carbocycles. The van der Waals surface area contributed by atoms with Gasteiger partial charge in [0.2, 0.25) is 10.0 Å². The quantitative estimate of drug-likeness (QED) is 0.781. The van der Waals surface area contributed by atoms with Crippen LogP contribution in [0, 0.1) is 11.3 Å². The molecule has 2 heterocycles. The summed E-state index contributed by atoms with van der Waals surface area (Å²) >= 11 is 0. The van der Waals surface area contributed by atoms with Gasteiger partial charge >= 0.3 is 0 Å². The van der Waals surface area contributed by atoms with Gasteiger partial charge in [0.05, 0.1) is 5.75 Å². The standard InChI is InChI=1S/C15H29N3O2S.ClH/c1-2-21(19,20)17-14-3-6-15(7-4-14)11-18(12-15)10-13-5-8-16-9-13;/h13-14,16-17H,2-12H2,1H3;1H/t13-;/m0./s1. The Bertz CT molecular complexity index is 449. The van der Waals surface area contributed by atoms with E-state index < -0.39 is 10.0 Å². The number of hydrogen-bond donors (Lipinski definition) is 2. The molecule has 0 amide bonds. The zero-order valence-electron chi connectivity index (χ0n) is 13.5. The van der Waals surface area contributed by atoms with E-state index in [9.17, 15) is 8.42 Å². The van der Waals surface area contributed by atoms with Crippen LogP contribution in [0.4, 0.5) is 0 Å². The Morgan fingerprint density at radius 1 is 1.23 bits per heavy atom. The van der Waals surface area contributed by atoms with E-state index in [0.29, 0.717) is 5.41 Å². The minimum atomic E-state index is -3.04. The molecule has 1 aliphatic carbocycles. The summed E-state index contributed by atoms with van der Waals surface area (Å²) < 4.78 is 26.1. The highest BCUT2D eigenvalue weighted by Gasteiger charge is 2.45. The maximum Gasteiger partial charge on any atom is 0.211 e. The molecule has 0 aromatic rings. The summed E-state index contributed by atoms with van der Waals surface area (Å²) in [6.07, 6.45) is 5.72. The second kappa shape index (κ2) is 7.34. The average Bonchev–Trinajstić information content (AvgIpc) is 2.92. The van der Waals surface area contributed by atoms with Crippen LogP contribution >= 0.6 is 12.4 Å². The molecule has 3 rings (SSSR count). The molecule has 0 aromatic heterocycles. The van der Waals surface area contributed by atoms with Crippen LogP contribution < -0.4 is 10.0 Å². The molecule has 5 nitrogen and oxygen atoms in total. The number of nitrogens with zero attached hydrogens (tertiary/aromatic N) is 1. The van der Waals surface area contributed by atoms with Crippen molar-refractivity contribution in [3.63, 3.8) is 0 Å². The smallest absolute Gasteiger partial charge is 0.211 e. The molecule has 1 atom stereocenters. The van der Waals surface area contributed by atoms with Gasteiger partial charge in [-0.15, -0.1) is 12.4 Å². The van der Waals surface area contributed by atoms with Crippen molar-refractivity contribution in [2.75, 3.05) is 38.5 Å². The van der Waals surface area contributed by atoms with Gasteiger partial charge in [0.1, 0.15) is 0 Å². The lowest BCUT2D eigenvalue weighted by atomic mass is 9.67. The summed E-state index contributed by atoms with van der Waals surface area (Å²) in [5.41, 5.74) is 0.500. The van der Waals surface area contributed by atoms with E-state index in [1.807, 2.05) is 0 Å². The minimum Gasteiger partial charge on any atom is -0.316 e. The third-order valence-electron chi connectivity index (χ3n) is 5.57. The van der Waals surface area contributed by atoms with Gasteiger partial charge in [-0.25, -0.2) is 13.1 Å². The first kappa shape index (κ1) is 18.5. The number of likely N-dealkylation sites (tertiary alicyclic amines) is 1. The van der Waals surface area contributed by atoms with E-state index in [1.165, 1.54) is 52.0 Å². The third kappa shape index (κ3) is 4.35. The Kier molecular flexibility index (Phi) is 6.16. The van der Waals surface area contributed by atoms with Gasteiger partial charge < -0.3 is 10.2 Å². The largest absolute Gasteiger partial charge is 0.316 e. The van der Waals surface area contributed by atoms with Crippen molar-refractivity contribution in [3.8, 4) is 0 Å². The third-order valence-corrected chi connectivity index (χ3v) is 7.02. The van der Waals surface area contributed by atoms with Crippen LogP contribution in [-0.2, 0) is 10.0 Å². The van der Waals surface area contributed by atoms with Crippen LogP contribution in [0.3, 0.4) is 0 Å². The SMILES string of the molecule is CCS(=O)(=O)NC1CCC2(CC1)CN(C[C@H]1CCNC1)C2.Cl. The molecule has 0 unspecified atom stereocenters. The number of sulfonamides is 1. The first-order valence-corrected chi connectivity index (χ1v) is 10.1. The predicted molar refractivity (Wildman–Crippen MR) is 92.0 cm³/mol. The fourth-order valence-electron chi connectivity index (χ4n) is 4.27. The zero-order chi connectivity index (χ0) is 14.9. The van der Waals surface area contributed by atoms with E-state index in [4.69, 9.17) is 0 Å². The molecule has 7 heteroatoms. The maximum absolute atomic E-state index is 11.6. The summed E-state index contributed by atoms with van der Waals surface area (Å²) in [5.74, 6) is 1.03. The summed E-state index contributed by atoms with van der Waals surface area (Å²) in [6.45, 7) is 7.79. The predicted octanol–water partition coefficient (Wildman–Crippen LogP) is 1.20. The van der Waals surface area contributed by atoms with Crippen LogP contribution in [0.2, 0.25) is 0 Å². The molecule has 2 aliphatic heterocycles. The van der Waals surface area contributed by atoms with Crippen molar-refractivity contribution in [2.45, 2.75) is 45.1 Å². The van der Waals surface area contributed by atoms with Crippen LogP contribution in [0.15, 0.2) is 0 Å². The topological polar surface area (TPSA) is 61.4 Å². The van der Waals surface area contributed by atoms with Gasteiger partial charge in [0, 0.05) is 25.7 Å². The number of hydrogen-bond acceptors (Lipinski definition) is 4. The highest BCUT2D eigenvalue weighted by Crippen LogP contribution is 2.44. The normalized spacial score (nSPS) is 29.2. The van der Waals surface area contributed by atoms with Gasteiger partial charge in [0.15, 0.2) is 0 Å². The highest BCUT2D eigenvalue weighted by atomic mass is 35.5. The van der Waals surface area contributed by atoms with Crippen molar-refractivity contribution >= 4 is 22.4 Å². The Morgan fingerprint density at radius 2 is 1.91 bits per heavy atom. The average molecular weight is 352 g/mol. The summed E-state index contributed by atoms with van der Waals surface area (Å²) in [6, 6.07) is 0.175. The van der Waals surface area contributed by atoms with E-state index in [1.54, 1.807) is 6.92 Å². The molecule has 3 aliphatic rings. The molecule has 22 heavy (non-hydrogen) atoms. The van der Waals surface area contributed by atoms with Gasteiger partial charge in [-0.1, -0.05) is 0 Å². The monoisotopic (exact) mass is 351 g/mol. The van der Waals surface area contributed by atoms with E-state index >= 15 is 0 Å². The van der Waals surface area contributed by atoms with Gasteiger partial charge in [-0.3, -0.25) is 0 Å². The van der Waals surface area contributed by atoms with Crippen molar-refractivity contribution in [1.29, 1.82) is 0 Å². The van der Waals surface area contributed by atoms with Crippen LogP contribution in [0.25, 0.3) is 0 Å². The molecule has 2 N–H and O–H groups in total. The van der Waals surface area contributed by atoms with Crippen LogP contribution in [0.1, 0.15) is 39.0 Å². The number of nitrogens with one attached hydrogen (secondary N) is 2. The lowest BCUT2D eigenvalue weighted by Gasteiger charge is -2.54. The van der Waals surface area contributed by atoms with E-state index in [-0.39, 0.29) is 24.2 Å². The summed E-state index contributed by atoms with van der Waals surface area (Å²) in [4.78, 5) is 2.61. The summed E-state index contributed by atoms with van der Waals surface area (Å²) in [5, 5.41) is 3.44. The number of halogens is 1. The lowest BCUT2D eigenvalue weighted by Crippen LogP contribution is -2.59. The first-order chi connectivity index (χ1) is 10.0. The Morgan fingerprint density at radius 3 is 2.45 bits per heavy atom. The van der Waals surface area contributed by atoms with Gasteiger partial charge in [-0.05, 0) is 63.5 Å². The molecular formula is C15H30ClN3O2S. The van der Waals surface area contributed by atoms with E-state index in [0.717, 1.165) is 18.8 Å². The highest BCUT2D eigenvalue weighted by molar-refractivity contribution is 7.89. The maximum atomic E-state index is 11.6. The fraction of sp³-hybridized carbons (Fsp3) is 1.00. The number of rotatable bonds is 5. The minimum absolute atomic E-state index is 0. The molecule has 1 spiro atoms. The van der Waals surface area contributed by atoms with Crippen LogP contribution in [-0.4, -0.2) is 57.8 Å². The summed E-state index contributed by atoms with van der Waals surface area (Å²) in [7, 11) is -3.04. The molecule has 0 radical (unpaired) electrons. The molecule has 3 fully saturated rings. The Hall–Kier alpha value is 0.120. The lowest BCUT2D eigenvalue weighted by molar-refractivity contribution is -0.0387. The zero-order valence-corrected chi connectivity index (χ0v) is 15.1. The van der Waals surface area contributed by atoms with E-state index in [2.05, 4.69) is 14.9 Å². The van der Waals surface area contributed by atoms with Crippen molar-refractivity contribution in [1.82, 2.24) is 14.9 Å². The van der Waals surface area contributed by atoms with Crippen LogP contribution in [0.5, 0.6) is 0 Å². The van der Waals surface area contributed by atoms with Crippen molar-refractivity contribution < 1.29 is 8.42 Å². The molecule has 0 bridgehead atoms. The fourth-order valence-corrected chi connectivity index (χ4v) is 5.18. The molecule has 2 saturated heterocycles. The second-order valence-electron chi connectivity index (χ2n) is 7.32. The first-order valence-electron chi connectivity index (χ1n) is 8.43. The van der Waals surface area contributed by atoms with Crippen molar-refractivity contribution in [2.24, 2.45) is 11.3 Å². The van der Waals surface area contributed by atoms with Crippen molar-refractivity contribution in [3.05, 3.63) is 0 Å². The van der Waals surface area contributed by atoms with Gasteiger partial charge in [-0.2, -0.15) is 0 Å². The molecule has 0 aromatic carbocycles. The molecule has 130 valence electrons. The Labute approximate surface area is 141 Å². The molecular weight excluding hydrogens is 322 g/mol. The Balaban J connectivity index is 0.00000176. The van der Waals surface area contributed by atoms with Gasteiger partial charge in [0.25, 0.3) is 0 Å².